The van der Waals surface area contributed by atoms with Gasteiger partial charge in [-0.3, -0.25) is 0 Å². The Hall–Kier alpha value is -5.52. The maximum absolute atomic E-state index is 16.1. The second kappa shape index (κ2) is 45.9. The van der Waals surface area contributed by atoms with Crippen molar-refractivity contribution in [1.82, 2.24) is 0 Å². The zero-order valence-electron chi connectivity index (χ0n) is 83.9. The standard InChI is InChI=1S/C27H41F5O6.C25H34F6O7.C25H35F5O6.C20H26F8O6/c1-6-22(33)34-15-24(5)25(28,29)26(27(30,31)32,38-23(37-24)19-10-8-7-9-11-19)36-16-35-21-14-18(4)12-13-20(21)17(2)3;1-14(26)19(32)35-13-21(3)23(27,28)24(25(29,30)31,36-15(2)34-6-5-33-4)38-20(37-21)22-10-16-7-17(11-22)9-18(8-16)12-22;1-6-18(31)32-12-22(5)23(26,27)24(25(28,29)30,36-20(35-22)21(2,3)4)34-13-33-19-16-8-14-7-15(10-16)11-17(19)9-14;1-11(17(21,22)23)15(29)30-10-16(4)18(24,25)19(20(26,27)28,34-13(3)32-16)33-12(2)31-14-8-6-5-7-9-14/h6,17-21,23H,1,7-16H2,2-5H3;15-18,20H,1,5-13H2,2-4H3;6,14-17,19-20H,1,7-13H2,2-5H3;12-14H,1,5-10H2,2-4H3. The van der Waals surface area contributed by atoms with Crippen LogP contribution in [0.15, 0.2) is 49.9 Å². The number of esters is 4. The number of methoxy groups -OCH3 is 1. The van der Waals surface area contributed by atoms with Crippen LogP contribution in [0, 0.1) is 75.9 Å². The van der Waals surface area contributed by atoms with Crippen LogP contribution in [-0.2, 0) is 119 Å². The molecule has 0 aromatic rings. The molecule has 49 heteroatoms. The normalized spacial score (nSPS) is 37.8. The molecule has 4 aliphatic heterocycles. The van der Waals surface area contributed by atoms with Crippen molar-refractivity contribution in [3.05, 3.63) is 49.9 Å². The van der Waals surface area contributed by atoms with Crippen LogP contribution >= 0.6 is 0 Å². The van der Waals surface area contributed by atoms with Gasteiger partial charge in [0.25, 0.3) is 0 Å². The van der Waals surface area contributed by atoms with Gasteiger partial charge in [-0.05, 0) is 217 Å². The summed E-state index contributed by atoms with van der Waals surface area (Å²) in [5.41, 5.74) is -16.4. The lowest BCUT2D eigenvalue weighted by molar-refractivity contribution is -0.553. The van der Waals surface area contributed by atoms with Crippen LogP contribution < -0.4 is 0 Å². The molecular formula is C97H136F24O25. The minimum absolute atomic E-state index is 0.0240. The summed E-state index contributed by atoms with van der Waals surface area (Å²) in [6.07, 6.45) is -20.9. The van der Waals surface area contributed by atoms with Crippen molar-refractivity contribution in [3.8, 4) is 0 Å². The summed E-state index contributed by atoms with van der Waals surface area (Å²) in [5, 5.41) is 0. The number of rotatable bonds is 33. The molecule has 842 valence electrons. The molecule has 15 aliphatic rings. The molecule has 0 amide bonds. The molecule has 17 atom stereocenters. The molecule has 0 N–H and O–H groups in total. The van der Waals surface area contributed by atoms with Gasteiger partial charge in [-0.25, -0.2) is 19.2 Å². The van der Waals surface area contributed by atoms with Crippen molar-refractivity contribution in [2.24, 2.45) is 75.9 Å². The largest absolute Gasteiger partial charge is 0.459 e. The van der Waals surface area contributed by atoms with Gasteiger partial charge in [-0.1, -0.05) is 113 Å². The monoisotopic (exact) mass is 2160 g/mol. The number of alkyl halides is 23. The molecule has 11 aliphatic carbocycles. The highest BCUT2D eigenvalue weighted by Gasteiger charge is 2.88. The van der Waals surface area contributed by atoms with E-state index in [4.69, 9.17) is 85.3 Å². The Bertz CT molecular complexity index is 4340. The van der Waals surface area contributed by atoms with E-state index >= 15 is 35.1 Å². The third-order valence-corrected chi connectivity index (χ3v) is 30.3. The van der Waals surface area contributed by atoms with Gasteiger partial charge in [0.1, 0.15) is 32.0 Å². The van der Waals surface area contributed by atoms with Gasteiger partial charge in [-0.15, -0.1) is 0 Å². The molecule has 0 radical (unpaired) electrons. The van der Waals surface area contributed by atoms with Crippen LogP contribution in [0.5, 0.6) is 0 Å². The third-order valence-electron chi connectivity index (χ3n) is 30.3. The zero-order valence-corrected chi connectivity index (χ0v) is 83.9. The number of carbonyl (C=O) groups is 4. The summed E-state index contributed by atoms with van der Waals surface area (Å²) < 4.78 is 459. The van der Waals surface area contributed by atoms with Gasteiger partial charge in [0.2, 0.25) is 5.83 Å². The fourth-order valence-electron chi connectivity index (χ4n) is 23.1. The fourth-order valence-corrected chi connectivity index (χ4v) is 23.1. The summed E-state index contributed by atoms with van der Waals surface area (Å²) in [4.78, 5) is 46.5. The van der Waals surface area contributed by atoms with Gasteiger partial charge in [-0.2, -0.15) is 105 Å². The number of hydrogen-bond donors (Lipinski definition) is 0. The van der Waals surface area contributed by atoms with Crippen LogP contribution in [0.3, 0.4) is 0 Å². The predicted molar refractivity (Wildman–Crippen MR) is 461 cm³/mol. The van der Waals surface area contributed by atoms with E-state index in [-0.39, 0.29) is 66.7 Å². The molecule has 4 saturated heterocycles. The maximum atomic E-state index is 16.1. The molecule has 0 aromatic heterocycles. The Morgan fingerprint density at radius 3 is 1.32 bits per heavy atom. The lowest BCUT2D eigenvalue weighted by Crippen LogP contribution is -2.78. The van der Waals surface area contributed by atoms with Crippen molar-refractivity contribution in [2.75, 3.05) is 60.3 Å². The minimum Gasteiger partial charge on any atom is -0.459 e. The van der Waals surface area contributed by atoms with Crippen LogP contribution in [-0.4, -0.2) is 240 Å². The number of ether oxygens (including phenoxy) is 21. The van der Waals surface area contributed by atoms with E-state index in [1.54, 1.807) is 0 Å². The molecule has 11 saturated carbocycles. The van der Waals surface area contributed by atoms with Crippen LogP contribution in [0.2, 0.25) is 0 Å². The molecular weight excluding hydrogens is 2020 g/mol. The molecule has 0 aromatic carbocycles. The average molecular weight is 2160 g/mol. The predicted octanol–water partition coefficient (Wildman–Crippen LogP) is 23.1. The molecule has 25 nitrogen and oxygen atoms in total. The average Bonchev–Trinajstić information content (AvgIpc) is 0.685. The van der Waals surface area contributed by atoms with Crippen molar-refractivity contribution < 1.29 is 224 Å². The van der Waals surface area contributed by atoms with Crippen LogP contribution in [0.4, 0.5) is 105 Å². The first kappa shape index (κ1) is 122. The molecule has 8 bridgehead atoms. The lowest BCUT2D eigenvalue weighted by atomic mass is 9.49. The van der Waals surface area contributed by atoms with Gasteiger partial charge in [0.05, 0.1) is 31.5 Å². The number of halogens is 24. The molecule has 15 fully saturated rings. The Morgan fingerprint density at radius 1 is 0.445 bits per heavy atom. The first-order chi connectivity index (χ1) is 67.1. The van der Waals surface area contributed by atoms with E-state index < -0.39 is 242 Å². The van der Waals surface area contributed by atoms with Gasteiger partial charge < -0.3 is 99.5 Å². The second-order valence-corrected chi connectivity index (χ2v) is 43.2. The van der Waals surface area contributed by atoms with E-state index in [2.05, 4.69) is 40.5 Å². The highest BCUT2D eigenvalue weighted by atomic mass is 19.4. The Kier molecular flexibility index (Phi) is 38.4. The van der Waals surface area contributed by atoms with Gasteiger partial charge in [0.15, 0.2) is 73.7 Å². The summed E-state index contributed by atoms with van der Waals surface area (Å²) in [6.45, 7) is 19.7. The minimum atomic E-state index is -5.86. The second-order valence-electron chi connectivity index (χ2n) is 43.2. The van der Waals surface area contributed by atoms with Gasteiger partial charge >= 0.3 is 102 Å². The number of hydrogen-bond acceptors (Lipinski definition) is 25. The molecule has 15 rings (SSSR count). The Balaban J connectivity index is 0.000000200. The highest BCUT2D eigenvalue weighted by molar-refractivity contribution is 5.89. The summed E-state index contributed by atoms with van der Waals surface area (Å²) in [5.74, 6) is -43.0. The quantitative estimate of drug-likeness (QED) is 0.0148. The topological polar surface area (TPSA) is 262 Å². The SMILES string of the molecule is C=C(C(=O)OCC1(C)OC(C)OC(OC(C)OC2CCCCC2)(C(F)(F)F)C1(F)F)C(F)(F)F.C=C(F)C(=O)OCC1(C)OC(C23CC4CC(CC(C4)C2)C3)OC(OC(C)OCCOC)(C(F)(F)F)C1(F)F.C=CC(=O)OCC1(C)OC(C(C)(C)C)OC(OCOC2C3CC4CC(C3)CC2C4)(C(F)(F)F)C1(F)F.C=CC(=O)OCC1(C)OC(C2CCCCC2)OC(OCOC2CC(C)CCC2C(C)C)(C(F)(F)F)C1(F)F. The van der Waals surface area contributed by atoms with Gasteiger partial charge in [0, 0.05) is 36.0 Å². The molecule has 4 heterocycles. The van der Waals surface area contributed by atoms with Crippen molar-refractivity contribution >= 4 is 23.9 Å². The smallest absolute Gasteiger partial charge is 0.450 e. The van der Waals surface area contributed by atoms with E-state index in [0.29, 0.717) is 96.0 Å². The summed E-state index contributed by atoms with van der Waals surface area (Å²) >= 11 is 0. The van der Waals surface area contributed by atoms with Crippen molar-refractivity contribution in [3.63, 3.8) is 0 Å². The summed E-state index contributed by atoms with van der Waals surface area (Å²) in [7, 11) is 1.33. The highest BCUT2D eigenvalue weighted by Crippen LogP contribution is 2.68. The Morgan fingerprint density at radius 2 is 0.863 bits per heavy atom. The van der Waals surface area contributed by atoms with E-state index in [0.717, 1.165) is 124 Å². The molecule has 0 spiro atoms. The van der Waals surface area contributed by atoms with Crippen molar-refractivity contribution in [2.45, 2.75) is 400 Å². The zero-order chi connectivity index (χ0) is 109. The molecule has 146 heavy (non-hydrogen) atoms. The van der Waals surface area contributed by atoms with E-state index in [9.17, 15) is 89.4 Å². The first-order valence-corrected chi connectivity index (χ1v) is 49.0. The third kappa shape index (κ3) is 25.3. The number of carbonyl (C=O) groups excluding carboxylic acids is 4. The van der Waals surface area contributed by atoms with Crippen LogP contribution in [0.25, 0.3) is 0 Å². The van der Waals surface area contributed by atoms with E-state index in [1.165, 1.54) is 34.3 Å². The van der Waals surface area contributed by atoms with E-state index in [1.807, 2.05) is 20.8 Å². The molecule has 17 unspecified atom stereocenters. The summed E-state index contributed by atoms with van der Waals surface area (Å²) in [6, 6.07) is 0. The first-order valence-electron chi connectivity index (χ1n) is 49.0. The fraction of sp³-hybridized carbons (Fsp3) is 0.876. The van der Waals surface area contributed by atoms with Crippen LogP contribution in [0.1, 0.15) is 244 Å². The maximum Gasteiger partial charge on any atom is 0.450 e. The van der Waals surface area contributed by atoms with Crippen molar-refractivity contribution in [1.29, 1.82) is 0 Å². The Labute approximate surface area is 831 Å². The lowest BCUT2D eigenvalue weighted by Gasteiger charge is -2.63.